The summed E-state index contributed by atoms with van der Waals surface area (Å²) in [5.74, 6) is -1.66. The third-order valence-corrected chi connectivity index (χ3v) is 2.71. The highest BCUT2D eigenvalue weighted by Gasteiger charge is 2.33. The summed E-state index contributed by atoms with van der Waals surface area (Å²) >= 11 is 3.06. The van der Waals surface area contributed by atoms with Crippen molar-refractivity contribution < 1.29 is 27.4 Å². The molecule has 0 spiro atoms. The van der Waals surface area contributed by atoms with E-state index < -0.39 is 29.9 Å². The van der Waals surface area contributed by atoms with E-state index in [4.69, 9.17) is 0 Å². The van der Waals surface area contributed by atoms with Crippen molar-refractivity contribution in [3.63, 3.8) is 0 Å². The Balaban J connectivity index is 3.22. The summed E-state index contributed by atoms with van der Waals surface area (Å²) < 4.78 is 44.2. The Morgan fingerprint density at radius 2 is 2.11 bits per heavy atom. The van der Waals surface area contributed by atoms with Crippen molar-refractivity contribution in [3.05, 3.63) is 27.7 Å². The first kappa shape index (κ1) is 15.5. The summed E-state index contributed by atoms with van der Waals surface area (Å²) in [6, 6.07) is 0. The first-order chi connectivity index (χ1) is 8.78. The Hall–Kier alpha value is -1.51. The number of hydrogen-bond donors (Lipinski definition) is 1. The molecule has 0 aliphatic carbocycles. The molecule has 0 bridgehead atoms. The summed E-state index contributed by atoms with van der Waals surface area (Å²) in [5.41, 5.74) is -0.855. The Morgan fingerprint density at radius 3 is 2.58 bits per heavy atom. The van der Waals surface area contributed by atoms with Gasteiger partial charge < -0.3 is 14.5 Å². The lowest BCUT2D eigenvalue weighted by molar-refractivity contribution is -0.275. The van der Waals surface area contributed by atoms with Crippen LogP contribution in [0.15, 0.2) is 11.0 Å². The van der Waals surface area contributed by atoms with Gasteiger partial charge in [-0.2, -0.15) is 0 Å². The fraction of sp³-hybridized carbons (Fsp3) is 0.400. The standard InChI is InChI=1S/C10H9BrF3NO4/c1-18-8(16)2-5-6(3-11)15-4-7(9(5)17)19-10(12,13)14/h4H,2-3H2,1H3,(H,15,17). The summed E-state index contributed by atoms with van der Waals surface area (Å²) in [4.78, 5) is 25.4. The Bertz CT molecular complexity index is 526. The number of rotatable bonds is 4. The van der Waals surface area contributed by atoms with Crippen LogP contribution in [-0.4, -0.2) is 24.4 Å². The second-order valence-electron chi connectivity index (χ2n) is 3.37. The van der Waals surface area contributed by atoms with Crippen LogP contribution in [0.1, 0.15) is 11.3 Å². The summed E-state index contributed by atoms with van der Waals surface area (Å²) in [6.45, 7) is 0. The van der Waals surface area contributed by atoms with E-state index in [1.165, 1.54) is 0 Å². The van der Waals surface area contributed by atoms with Gasteiger partial charge in [-0.1, -0.05) is 15.9 Å². The highest BCUT2D eigenvalue weighted by atomic mass is 79.9. The quantitative estimate of drug-likeness (QED) is 0.669. The van der Waals surface area contributed by atoms with Crippen LogP contribution in [0.25, 0.3) is 0 Å². The molecule has 5 nitrogen and oxygen atoms in total. The number of esters is 1. The van der Waals surface area contributed by atoms with Gasteiger partial charge in [-0.15, -0.1) is 13.2 Å². The molecule has 19 heavy (non-hydrogen) atoms. The Kier molecular flexibility index (Phi) is 4.98. The second kappa shape index (κ2) is 6.09. The largest absolute Gasteiger partial charge is 0.573 e. The van der Waals surface area contributed by atoms with Crippen LogP contribution in [0.3, 0.4) is 0 Å². The smallest absolute Gasteiger partial charge is 0.469 e. The number of ether oxygens (including phenoxy) is 2. The van der Waals surface area contributed by atoms with E-state index in [0.29, 0.717) is 0 Å². The molecule has 0 saturated carbocycles. The fourth-order valence-electron chi connectivity index (χ4n) is 1.31. The topological polar surface area (TPSA) is 68.4 Å². The van der Waals surface area contributed by atoms with Crippen LogP contribution in [0.5, 0.6) is 5.75 Å². The third kappa shape index (κ3) is 4.27. The minimum Gasteiger partial charge on any atom is -0.469 e. The van der Waals surface area contributed by atoms with E-state index in [-0.39, 0.29) is 16.6 Å². The van der Waals surface area contributed by atoms with Crippen molar-refractivity contribution in [1.29, 1.82) is 0 Å². The highest BCUT2D eigenvalue weighted by Crippen LogP contribution is 2.20. The second-order valence-corrected chi connectivity index (χ2v) is 3.93. The zero-order valence-corrected chi connectivity index (χ0v) is 11.2. The van der Waals surface area contributed by atoms with Crippen molar-refractivity contribution in [3.8, 4) is 5.75 Å². The number of halogens is 4. The lowest BCUT2D eigenvalue weighted by Gasteiger charge is -2.11. The molecule has 1 aromatic heterocycles. The molecule has 0 aromatic carbocycles. The van der Waals surface area contributed by atoms with E-state index in [1.807, 2.05) is 0 Å². The first-order valence-electron chi connectivity index (χ1n) is 4.90. The van der Waals surface area contributed by atoms with Gasteiger partial charge in [0.05, 0.1) is 13.5 Å². The molecule has 0 radical (unpaired) electrons. The van der Waals surface area contributed by atoms with E-state index >= 15 is 0 Å². The number of H-pyrrole nitrogens is 1. The molecular weight excluding hydrogens is 335 g/mol. The molecule has 0 saturated heterocycles. The van der Waals surface area contributed by atoms with Gasteiger partial charge in [0.1, 0.15) is 0 Å². The minimum absolute atomic E-state index is 0.134. The monoisotopic (exact) mass is 343 g/mol. The number of aromatic nitrogens is 1. The van der Waals surface area contributed by atoms with Gasteiger partial charge in [0.25, 0.3) is 0 Å². The van der Waals surface area contributed by atoms with Crippen LogP contribution in [0, 0.1) is 0 Å². The molecule has 0 unspecified atom stereocenters. The van der Waals surface area contributed by atoms with Gasteiger partial charge in [-0.3, -0.25) is 9.59 Å². The average molecular weight is 344 g/mol. The van der Waals surface area contributed by atoms with Gasteiger partial charge in [0, 0.05) is 22.8 Å². The number of carbonyl (C=O) groups excluding carboxylic acids is 1. The van der Waals surface area contributed by atoms with Crippen molar-refractivity contribution in [2.75, 3.05) is 7.11 Å². The van der Waals surface area contributed by atoms with Crippen LogP contribution >= 0.6 is 15.9 Å². The van der Waals surface area contributed by atoms with Crippen LogP contribution in [0.2, 0.25) is 0 Å². The molecule has 0 amide bonds. The maximum Gasteiger partial charge on any atom is 0.573 e. The Morgan fingerprint density at radius 1 is 1.47 bits per heavy atom. The van der Waals surface area contributed by atoms with Gasteiger partial charge >= 0.3 is 12.3 Å². The van der Waals surface area contributed by atoms with Crippen molar-refractivity contribution in [2.24, 2.45) is 0 Å². The molecule has 1 N–H and O–H groups in total. The summed E-state index contributed by atoms with van der Waals surface area (Å²) in [7, 11) is 1.11. The maximum atomic E-state index is 12.1. The lowest BCUT2D eigenvalue weighted by atomic mass is 10.1. The number of pyridine rings is 1. The highest BCUT2D eigenvalue weighted by molar-refractivity contribution is 9.08. The molecule has 1 rings (SSSR count). The summed E-state index contributed by atoms with van der Waals surface area (Å²) in [5, 5.41) is 0.168. The molecule has 106 valence electrons. The number of methoxy groups -OCH3 is 1. The Labute approximate surface area is 113 Å². The minimum atomic E-state index is -4.98. The van der Waals surface area contributed by atoms with Crippen molar-refractivity contribution >= 4 is 21.9 Å². The molecular formula is C10H9BrF3NO4. The van der Waals surface area contributed by atoms with Crippen LogP contribution in [0.4, 0.5) is 13.2 Å². The first-order valence-corrected chi connectivity index (χ1v) is 6.02. The normalized spacial score (nSPS) is 11.2. The van der Waals surface area contributed by atoms with Gasteiger partial charge in [-0.25, -0.2) is 0 Å². The predicted octanol–water partition coefficient (Wildman–Crippen LogP) is 1.88. The zero-order valence-electron chi connectivity index (χ0n) is 9.64. The average Bonchev–Trinajstić information content (AvgIpc) is 2.32. The number of carbonyl (C=O) groups is 1. The third-order valence-electron chi connectivity index (χ3n) is 2.15. The van der Waals surface area contributed by atoms with E-state index in [2.05, 4.69) is 30.4 Å². The number of hydrogen-bond acceptors (Lipinski definition) is 4. The van der Waals surface area contributed by atoms with Crippen molar-refractivity contribution in [2.45, 2.75) is 18.1 Å². The van der Waals surface area contributed by atoms with E-state index in [0.717, 1.165) is 13.3 Å². The molecule has 9 heteroatoms. The van der Waals surface area contributed by atoms with Crippen molar-refractivity contribution in [1.82, 2.24) is 4.98 Å². The molecule has 1 heterocycles. The van der Waals surface area contributed by atoms with E-state index in [1.54, 1.807) is 0 Å². The van der Waals surface area contributed by atoms with Crippen LogP contribution < -0.4 is 10.2 Å². The van der Waals surface area contributed by atoms with E-state index in [9.17, 15) is 22.8 Å². The SMILES string of the molecule is COC(=O)Cc1c(CBr)[nH]cc(OC(F)(F)F)c1=O. The molecule has 0 fully saturated rings. The van der Waals surface area contributed by atoms with Gasteiger partial charge in [-0.05, 0) is 0 Å². The fourth-order valence-corrected chi connectivity index (χ4v) is 1.81. The number of aromatic amines is 1. The predicted molar refractivity (Wildman–Crippen MR) is 62.1 cm³/mol. The van der Waals surface area contributed by atoms with Gasteiger partial charge in [0.15, 0.2) is 5.75 Å². The lowest BCUT2D eigenvalue weighted by Crippen LogP contribution is -2.25. The molecule has 0 aliphatic rings. The zero-order chi connectivity index (χ0) is 14.6. The van der Waals surface area contributed by atoms with Gasteiger partial charge in [0.2, 0.25) is 5.43 Å². The summed E-state index contributed by atoms with van der Waals surface area (Å²) in [6.07, 6.45) is -4.62. The maximum absolute atomic E-state index is 12.1. The molecule has 1 aromatic rings. The van der Waals surface area contributed by atoms with Crippen LogP contribution in [-0.2, 0) is 21.3 Å². The molecule has 0 aliphatic heterocycles. The molecule has 0 atom stereocenters. The number of nitrogens with one attached hydrogen (secondary N) is 1. The number of alkyl halides is 4.